The van der Waals surface area contributed by atoms with Crippen LogP contribution < -0.4 is 4.90 Å². The Morgan fingerprint density at radius 3 is 3.05 bits per heavy atom. The summed E-state index contributed by atoms with van der Waals surface area (Å²) in [5, 5.41) is 9.15. The molecule has 2 atom stereocenters. The van der Waals surface area contributed by atoms with Crippen molar-refractivity contribution in [3.05, 3.63) is 15.6 Å². The van der Waals surface area contributed by atoms with E-state index in [-0.39, 0.29) is 5.92 Å². The van der Waals surface area contributed by atoms with Crippen LogP contribution in [0.4, 0.5) is 5.82 Å². The number of aromatic nitrogens is 2. The number of hydrogen-bond acceptors (Lipinski definition) is 5. The van der Waals surface area contributed by atoms with Gasteiger partial charge in [-0.2, -0.15) is 5.26 Å². The molecule has 0 radical (unpaired) electrons. The SMILES string of the molecule is CCC1CC(C#N)CCN1c1cnc(I)c(CCCOC)n1. The fourth-order valence-corrected chi connectivity index (χ4v) is 3.47. The molecule has 5 nitrogen and oxygen atoms in total. The number of aryl methyl sites for hydroxylation is 1. The van der Waals surface area contributed by atoms with E-state index in [0.29, 0.717) is 6.04 Å². The average molecular weight is 414 g/mol. The molecule has 0 spiro atoms. The second kappa shape index (κ2) is 8.63. The minimum Gasteiger partial charge on any atom is -0.385 e. The molecule has 0 aromatic carbocycles. The standard InChI is InChI=1S/C16H23IN4O/c1-3-13-9-12(10-18)6-7-21(13)15-11-19-16(17)14(20-15)5-4-8-22-2/h11-13H,3-9H2,1-2H3. The predicted molar refractivity (Wildman–Crippen MR) is 94.7 cm³/mol. The first-order valence-electron chi connectivity index (χ1n) is 7.86. The van der Waals surface area contributed by atoms with Crippen molar-refractivity contribution in [3.8, 4) is 6.07 Å². The maximum absolute atomic E-state index is 9.15. The summed E-state index contributed by atoms with van der Waals surface area (Å²) in [6.07, 6.45) is 6.60. The van der Waals surface area contributed by atoms with Gasteiger partial charge in [0.25, 0.3) is 0 Å². The molecule has 1 aromatic heterocycles. The molecule has 22 heavy (non-hydrogen) atoms. The van der Waals surface area contributed by atoms with Crippen LogP contribution in [-0.4, -0.2) is 36.3 Å². The topological polar surface area (TPSA) is 62.0 Å². The minimum atomic E-state index is 0.180. The fourth-order valence-electron chi connectivity index (χ4n) is 2.94. The number of nitrogens with zero attached hydrogens (tertiary/aromatic N) is 4. The summed E-state index contributed by atoms with van der Waals surface area (Å²) in [6, 6.07) is 2.81. The van der Waals surface area contributed by atoms with Gasteiger partial charge in [-0.05, 0) is 54.7 Å². The first-order chi connectivity index (χ1) is 10.7. The number of nitriles is 1. The smallest absolute Gasteiger partial charge is 0.147 e. The summed E-state index contributed by atoms with van der Waals surface area (Å²) in [4.78, 5) is 11.7. The lowest BCUT2D eigenvalue weighted by molar-refractivity contribution is 0.195. The molecular weight excluding hydrogens is 391 g/mol. The molecule has 0 aliphatic carbocycles. The van der Waals surface area contributed by atoms with E-state index < -0.39 is 0 Å². The molecular formula is C16H23IN4O. The van der Waals surface area contributed by atoms with Crippen molar-refractivity contribution >= 4 is 28.4 Å². The molecule has 0 amide bonds. The van der Waals surface area contributed by atoms with Crippen LogP contribution >= 0.6 is 22.6 Å². The minimum absolute atomic E-state index is 0.180. The van der Waals surface area contributed by atoms with Gasteiger partial charge in [-0.1, -0.05) is 6.92 Å². The maximum Gasteiger partial charge on any atom is 0.147 e. The highest BCUT2D eigenvalue weighted by molar-refractivity contribution is 14.1. The Bertz CT molecular complexity index is 531. The Labute approximate surface area is 146 Å². The first kappa shape index (κ1) is 17.4. The lowest BCUT2D eigenvalue weighted by atomic mass is 9.91. The molecule has 0 N–H and O–H groups in total. The number of rotatable bonds is 6. The molecule has 2 unspecified atom stereocenters. The normalized spacial score (nSPS) is 21.6. The quantitative estimate of drug-likeness (QED) is 0.529. The van der Waals surface area contributed by atoms with Gasteiger partial charge < -0.3 is 9.64 Å². The third kappa shape index (κ3) is 4.29. The second-order valence-corrected chi connectivity index (χ2v) is 6.69. The lowest BCUT2D eigenvalue weighted by Crippen LogP contribution is -2.42. The van der Waals surface area contributed by atoms with E-state index in [1.165, 1.54) is 0 Å². The average Bonchev–Trinajstić information content (AvgIpc) is 2.56. The summed E-state index contributed by atoms with van der Waals surface area (Å²) >= 11 is 2.25. The van der Waals surface area contributed by atoms with Crippen LogP contribution in [0.15, 0.2) is 6.20 Å². The molecule has 0 saturated carbocycles. The first-order valence-corrected chi connectivity index (χ1v) is 8.94. The lowest BCUT2D eigenvalue weighted by Gasteiger charge is -2.38. The molecule has 1 fully saturated rings. The molecule has 1 aliphatic rings. The Hall–Kier alpha value is -0.940. The monoisotopic (exact) mass is 414 g/mol. The van der Waals surface area contributed by atoms with Gasteiger partial charge in [0.2, 0.25) is 0 Å². The van der Waals surface area contributed by atoms with Gasteiger partial charge in [-0.25, -0.2) is 9.97 Å². The zero-order chi connectivity index (χ0) is 15.9. The second-order valence-electron chi connectivity index (χ2n) is 5.67. The molecule has 2 heterocycles. The van der Waals surface area contributed by atoms with Crippen molar-refractivity contribution in [1.29, 1.82) is 5.26 Å². The zero-order valence-corrected chi connectivity index (χ0v) is 15.4. The highest BCUT2D eigenvalue weighted by atomic mass is 127. The third-order valence-corrected chi connectivity index (χ3v) is 5.11. The Morgan fingerprint density at radius 1 is 1.55 bits per heavy atom. The summed E-state index contributed by atoms with van der Waals surface area (Å²) in [5.41, 5.74) is 1.05. The van der Waals surface area contributed by atoms with Gasteiger partial charge in [0.1, 0.15) is 9.52 Å². The summed E-state index contributed by atoms with van der Waals surface area (Å²) < 4.78 is 6.09. The van der Waals surface area contributed by atoms with Gasteiger partial charge >= 0.3 is 0 Å². The van der Waals surface area contributed by atoms with Crippen molar-refractivity contribution in [3.63, 3.8) is 0 Å². The van der Waals surface area contributed by atoms with Crippen molar-refractivity contribution in [2.75, 3.05) is 25.2 Å². The van der Waals surface area contributed by atoms with Crippen LogP contribution in [0, 0.1) is 20.9 Å². The van der Waals surface area contributed by atoms with E-state index in [1.807, 2.05) is 6.20 Å². The Kier molecular flexibility index (Phi) is 6.83. The van der Waals surface area contributed by atoms with Gasteiger partial charge in [-0.15, -0.1) is 0 Å². The molecule has 120 valence electrons. The zero-order valence-electron chi connectivity index (χ0n) is 13.3. The van der Waals surface area contributed by atoms with Crippen LogP contribution in [-0.2, 0) is 11.2 Å². The van der Waals surface area contributed by atoms with Crippen molar-refractivity contribution in [2.24, 2.45) is 5.92 Å². The van der Waals surface area contributed by atoms with Gasteiger partial charge in [0.15, 0.2) is 0 Å². The number of halogens is 1. The van der Waals surface area contributed by atoms with Crippen LogP contribution in [0.5, 0.6) is 0 Å². The van der Waals surface area contributed by atoms with E-state index in [9.17, 15) is 0 Å². The molecule has 1 saturated heterocycles. The van der Waals surface area contributed by atoms with Crippen molar-refractivity contribution < 1.29 is 4.74 Å². The highest BCUT2D eigenvalue weighted by Crippen LogP contribution is 2.28. The van der Waals surface area contributed by atoms with E-state index in [4.69, 9.17) is 15.0 Å². The van der Waals surface area contributed by atoms with E-state index in [1.54, 1.807) is 7.11 Å². The Balaban J connectivity index is 2.14. The number of piperidine rings is 1. The molecule has 2 rings (SSSR count). The highest BCUT2D eigenvalue weighted by Gasteiger charge is 2.28. The number of methoxy groups -OCH3 is 1. The van der Waals surface area contributed by atoms with Crippen molar-refractivity contribution in [1.82, 2.24) is 9.97 Å². The van der Waals surface area contributed by atoms with Crippen molar-refractivity contribution in [2.45, 2.75) is 45.1 Å². The summed E-state index contributed by atoms with van der Waals surface area (Å²) in [7, 11) is 1.72. The molecule has 1 aliphatic heterocycles. The van der Waals surface area contributed by atoms with Gasteiger partial charge in [0.05, 0.1) is 18.0 Å². The van der Waals surface area contributed by atoms with Gasteiger partial charge in [0, 0.05) is 32.2 Å². The summed E-state index contributed by atoms with van der Waals surface area (Å²) in [5.74, 6) is 1.13. The Morgan fingerprint density at radius 2 is 2.36 bits per heavy atom. The van der Waals surface area contributed by atoms with E-state index >= 15 is 0 Å². The van der Waals surface area contributed by atoms with Crippen LogP contribution in [0.25, 0.3) is 0 Å². The fraction of sp³-hybridized carbons (Fsp3) is 0.688. The van der Waals surface area contributed by atoms with E-state index in [0.717, 1.165) is 60.5 Å². The van der Waals surface area contributed by atoms with Crippen LogP contribution in [0.2, 0.25) is 0 Å². The molecule has 0 bridgehead atoms. The largest absolute Gasteiger partial charge is 0.385 e. The number of anilines is 1. The number of ether oxygens (including phenoxy) is 1. The van der Waals surface area contributed by atoms with Crippen LogP contribution in [0.3, 0.4) is 0 Å². The number of hydrogen-bond donors (Lipinski definition) is 0. The molecule has 6 heteroatoms. The maximum atomic E-state index is 9.15. The van der Waals surface area contributed by atoms with Crippen LogP contribution in [0.1, 0.15) is 38.3 Å². The summed E-state index contributed by atoms with van der Waals surface area (Å²) in [6.45, 7) is 3.81. The van der Waals surface area contributed by atoms with Gasteiger partial charge in [-0.3, -0.25) is 0 Å². The third-order valence-electron chi connectivity index (χ3n) is 4.21. The molecule has 1 aromatic rings. The predicted octanol–water partition coefficient (Wildman–Crippen LogP) is 3.18. The van der Waals surface area contributed by atoms with E-state index in [2.05, 4.69) is 45.5 Å².